The molecule has 0 heterocycles. The van der Waals surface area contributed by atoms with Crippen molar-refractivity contribution in [2.45, 2.75) is 0 Å². The highest BCUT2D eigenvalue weighted by atomic mass is 35.5. The molecule has 4 N–H and O–H groups in total. The zero-order chi connectivity index (χ0) is 10.9. The van der Waals surface area contributed by atoms with E-state index in [1.807, 2.05) is 0 Å². The third-order valence-electron chi connectivity index (χ3n) is 1.53. The highest BCUT2D eigenvalue weighted by Gasteiger charge is 2.16. The van der Waals surface area contributed by atoms with E-state index in [1.165, 1.54) is 0 Å². The number of halogens is 1. The van der Waals surface area contributed by atoms with Crippen molar-refractivity contribution < 1.29 is 19.8 Å². The maximum Gasteiger partial charge on any atom is 0.289 e. The second-order valence-corrected chi connectivity index (χ2v) is 2.93. The number of phenols is 2. The Morgan fingerprint density at radius 3 is 2.29 bits per heavy atom. The fourth-order valence-corrected chi connectivity index (χ4v) is 1.07. The van der Waals surface area contributed by atoms with E-state index in [-0.39, 0.29) is 10.6 Å². The highest BCUT2D eigenvalue weighted by molar-refractivity contribution is 6.43. The molecule has 0 spiro atoms. The number of amides is 1. The van der Waals surface area contributed by atoms with Gasteiger partial charge >= 0.3 is 0 Å². The van der Waals surface area contributed by atoms with Gasteiger partial charge in [-0.3, -0.25) is 9.59 Å². The zero-order valence-electron chi connectivity index (χ0n) is 6.82. The minimum Gasteiger partial charge on any atom is -0.504 e. The lowest BCUT2D eigenvalue weighted by molar-refractivity contribution is -0.114. The van der Waals surface area contributed by atoms with Crippen LogP contribution in [0.3, 0.4) is 0 Å². The van der Waals surface area contributed by atoms with Gasteiger partial charge in [0.15, 0.2) is 11.5 Å². The second kappa shape index (κ2) is 3.55. The number of ketones is 1. The van der Waals surface area contributed by atoms with E-state index < -0.39 is 23.2 Å². The monoisotopic (exact) mass is 215 g/mol. The van der Waals surface area contributed by atoms with Gasteiger partial charge in [-0.1, -0.05) is 11.6 Å². The molecule has 14 heavy (non-hydrogen) atoms. The van der Waals surface area contributed by atoms with Crippen LogP contribution in [0.5, 0.6) is 11.5 Å². The summed E-state index contributed by atoms with van der Waals surface area (Å²) in [7, 11) is 0. The third-order valence-corrected chi connectivity index (χ3v) is 1.82. The number of phenolic OH excluding ortho intramolecular Hbond substituents is 2. The van der Waals surface area contributed by atoms with Gasteiger partial charge in [0.1, 0.15) is 0 Å². The van der Waals surface area contributed by atoms with Gasteiger partial charge in [-0.15, -0.1) is 0 Å². The Morgan fingerprint density at radius 2 is 1.86 bits per heavy atom. The molecule has 0 atom stereocenters. The number of carbonyl (C=O) groups excluding carboxylic acids is 2. The largest absolute Gasteiger partial charge is 0.504 e. The van der Waals surface area contributed by atoms with Gasteiger partial charge in [-0.2, -0.15) is 0 Å². The maximum absolute atomic E-state index is 11.0. The summed E-state index contributed by atoms with van der Waals surface area (Å²) in [6, 6.07) is 1.96. The summed E-state index contributed by atoms with van der Waals surface area (Å²) in [6.45, 7) is 0. The lowest BCUT2D eigenvalue weighted by Gasteiger charge is -2.02. The number of hydrogen-bond donors (Lipinski definition) is 3. The van der Waals surface area contributed by atoms with Gasteiger partial charge < -0.3 is 15.9 Å². The number of rotatable bonds is 2. The Kier molecular flexibility index (Phi) is 2.62. The number of primary amides is 1. The molecule has 5 nitrogen and oxygen atoms in total. The summed E-state index contributed by atoms with van der Waals surface area (Å²) >= 11 is 5.45. The van der Waals surface area contributed by atoms with Crippen molar-refractivity contribution in [3.63, 3.8) is 0 Å². The Hall–Kier alpha value is -1.75. The van der Waals surface area contributed by atoms with Crippen molar-refractivity contribution in [1.29, 1.82) is 0 Å². The van der Waals surface area contributed by atoms with Crippen molar-refractivity contribution >= 4 is 23.3 Å². The van der Waals surface area contributed by atoms with Crippen LogP contribution in [0.15, 0.2) is 12.1 Å². The van der Waals surface area contributed by atoms with Gasteiger partial charge in [0.05, 0.1) is 5.02 Å². The number of carbonyl (C=O) groups is 2. The minimum absolute atomic E-state index is 0.169. The van der Waals surface area contributed by atoms with Gasteiger partial charge in [0.25, 0.3) is 5.91 Å². The fraction of sp³-hybridized carbons (Fsp3) is 0. The van der Waals surface area contributed by atoms with Crippen LogP contribution in [0.4, 0.5) is 0 Å². The van der Waals surface area contributed by atoms with Crippen LogP contribution in [0.2, 0.25) is 5.02 Å². The summed E-state index contributed by atoms with van der Waals surface area (Å²) in [6.07, 6.45) is 0. The molecule has 1 aromatic rings. The summed E-state index contributed by atoms with van der Waals surface area (Å²) in [5.41, 5.74) is 4.56. The molecule has 0 saturated carbocycles. The molecule has 0 bridgehead atoms. The molecule has 1 rings (SSSR count). The van der Waals surface area contributed by atoms with Crippen LogP contribution < -0.4 is 5.73 Å². The third kappa shape index (κ3) is 1.77. The van der Waals surface area contributed by atoms with E-state index in [1.54, 1.807) is 0 Å². The van der Waals surface area contributed by atoms with Crippen molar-refractivity contribution in [3.8, 4) is 11.5 Å². The molecule has 74 valence electrons. The summed E-state index contributed by atoms with van der Waals surface area (Å²) in [5, 5.41) is 17.9. The molecule has 0 radical (unpaired) electrons. The Morgan fingerprint density at radius 1 is 1.29 bits per heavy atom. The number of aromatic hydroxyl groups is 2. The molecular formula is C8H6ClNO4. The molecule has 0 aliphatic rings. The molecule has 0 aliphatic carbocycles. The number of hydrogen-bond acceptors (Lipinski definition) is 4. The maximum atomic E-state index is 11.0. The van der Waals surface area contributed by atoms with Crippen LogP contribution in [0.25, 0.3) is 0 Å². The van der Waals surface area contributed by atoms with E-state index in [4.69, 9.17) is 27.5 Å². The first-order valence-corrected chi connectivity index (χ1v) is 3.87. The minimum atomic E-state index is -1.16. The first-order chi connectivity index (χ1) is 6.43. The quantitative estimate of drug-likeness (QED) is 0.378. The Balaban J connectivity index is 3.26. The second-order valence-electron chi connectivity index (χ2n) is 2.52. The van der Waals surface area contributed by atoms with Crippen molar-refractivity contribution in [3.05, 3.63) is 22.7 Å². The molecule has 6 heteroatoms. The van der Waals surface area contributed by atoms with E-state index >= 15 is 0 Å². The van der Waals surface area contributed by atoms with Gasteiger partial charge in [-0.25, -0.2) is 0 Å². The molecule has 0 unspecified atom stereocenters. The normalized spacial score (nSPS) is 9.79. The van der Waals surface area contributed by atoms with Gasteiger partial charge in [-0.05, 0) is 12.1 Å². The van der Waals surface area contributed by atoms with Crippen LogP contribution in [-0.4, -0.2) is 21.9 Å². The van der Waals surface area contributed by atoms with Crippen molar-refractivity contribution in [2.24, 2.45) is 5.73 Å². The van der Waals surface area contributed by atoms with Gasteiger partial charge in [0, 0.05) is 5.56 Å². The van der Waals surface area contributed by atoms with Crippen molar-refractivity contribution in [1.82, 2.24) is 0 Å². The number of nitrogens with two attached hydrogens (primary N) is 1. The predicted molar refractivity (Wildman–Crippen MR) is 48.3 cm³/mol. The van der Waals surface area contributed by atoms with Crippen LogP contribution in [0.1, 0.15) is 10.4 Å². The number of Topliss-reactive ketones (excluding diaryl/α,β-unsaturated/α-hetero) is 1. The van der Waals surface area contributed by atoms with E-state index in [9.17, 15) is 9.59 Å². The SMILES string of the molecule is NC(=O)C(=O)c1cc(O)c(O)c(Cl)c1. The topological polar surface area (TPSA) is 101 Å². The van der Waals surface area contributed by atoms with Crippen LogP contribution >= 0.6 is 11.6 Å². The van der Waals surface area contributed by atoms with Crippen LogP contribution in [0, 0.1) is 0 Å². The molecule has 0 aromatic heterocycles. The molecule has 0 fully saturated rings. The lowest BCUT2D eigenvalue weighted by Crippen LogP contribution is -2.22. The predicted octanol–water partition coefficient (Wildman–Crippen LogP) is 0.419. The first-order valence-electron chi connectivity index (χ1n) is 3.49. The summed E-state index contributed by atoms with van der Waals surface area (Å²) in [5.74, 6) is -3.27. The zero-order valence-corrected chi connectivity index (χ0v) is 7.58. The van der Waals surface area contributed by atoms with Crippen LogP contribution in [-0.2, 0) is 4.79 Å². The van der Waals surface area contributed by atoms with E-state index in [0.29, 0.717) is 0 Å². The highest BCUT2D eigenvalue weighted by Crippen LogP contribution is 2.33. The fourth-order valence-electron chi connectivity index (χ4n) is 0.858. The summed E-state index contributed by atoms with van der Waals surface area (Å²) < 4.78 is 0. The Bertz CT molecular complexity index is 393. The molecule has 1 amide bonds. The standard InChI is InChI=1S/C8H6ClNO4/c9-4-1-3(6(12)8(10)14)2-5(11)7(4)13/h1-2,11,13H,(H2,10,14). The average Bonchev–Trinajstić information content (AvgIpc) is 2.12. The Labute approximate surface area is 83.7 Å². The molecule has 1 aromatic carbocycles. The van der Waals surface area contributed by atoms with E-state index in [2.05, 4.69) is 0 Å². The molecular weight excluding hydrogens is 210 g/mol. The number of benzene rings is 1. The summed E-state index contributed by atoms with van der Waals surface area (Å²) in [4.78, 5) is 21.5. The smallest absolute Gasteiger partial charge is 0.289 e. The van der Waals surface area contributed by atoms with Crippen molar-refractivity contribution in [2.75, 3.05) is 0 Å². The molecule has 0 aliphatic heterocycles. The molecule has 0 saturated heterocycles. The van der Waals surface area contributed by atoms with E-state index in [0.717, 1.165) is 12.1 Å². The van der Waals surface area contributed by atoms with Gasteiger partial charge in [0.2, 0.25) is 5.78 Å². The average molecular weight is 216 g/mol. The lowest BCUT2D eigenvalue weighted by atomic mass is 10.1. The first kappa shape index (κ1) is 10.3.